The molecule has 122 valence electrons. The lowest BCUT2D eigenvalue weighted by molar-refractivity contribution is -0.0526. The van der Waals surface area contributed by atoms with Gasteiger partial charge >= 0.3 is 0 Å². The third kappa shape index (κ3) is 2.08. The van der Waals surface area contributed by atoms with Gasteiger partial charge in [-0.3, -0.25) is 0 Å². The molecule has 0 radical (unpaired) electrons. The molecule has 0 spiro atoms. The van der Waals surface area contributed by atoms with Gasteiger partial charge in [-0.05, 0) is 86.5 Å². The molecule has 0 bridgehead atoms. The fourth-order valence-electron chi connectivity index (χ4n) is 6.36. The Morgan fingerprint density at radius 2 is 2.00 bits per heavy atom. The molecular weight excluding hydrogens is 274 g/mol. The van der Waals surface area contributed by atoms with Crippen LogP contribution in [0.25, 0.3) is 0 Å². The van der Waals surface area contributed by atoms with Gasteiger partial charge in [0.2, 0.25) is 0 Å². The molecule has 0 saturated heterocycles. The van der Waals surface area contributed by atoms with Crippen LogP contribution in [0.15, 0.2) is 16.8 Å². The Morgan fingerprint density at radius 3 is 2.82 bits per heavy atom. The molecule has 0 amide bonds. The van der Waals surface area contributed by atoms with Crippen molar-refractivity contribution in [2.24, 2.45) is 34.2 Å². The molecule has 0 aromatic heterocycles. The van der Waals surface area contributed by atoms with E-state index in [1.165, 1.54) is 38.5 Å². The van der Waals surface area contributed by atoms with Crippen molar-refractivity contribution in [2.45, 2.75) is 64.4 Å². The van der Waals surface area contributed by atoms with Gasteiger partial charge in [-0.1, -0.05) is 17.7 Å². The van der Waals surface area contributed by atoms with Crippen molar-refractivity contribution in [1.82, 2.24) is 0 Å². The Bertz CT molecular complexity index is 512. The summed E-state index contributed by atoms with van der Waals surface area (Å²) in [5, 5.41) is 14.6. The summed E-state index contributed by atoms with van der Waals surface area (Å²) in [5.41, 5.74) is 2.97. The lowest BCUT2D eigenvalue weighted by Crippen LogP contribution is -2.47. The van der Waals surface area contributed by atoms with Crippen LogP contribution in [0, 0.1) is 29.1 Å². The van der Waals surface area contributed by atoms with E-state index in [9.17, 15) is 5.11 Å². The molecule has 0 aliphatic heterocycles. The molecule has 4 aliphatic rings. The van der Waals surface area contributed by atoms with Crippen molar-refractivity contribution < 1.29 is 9.94 Å². The largest absolute Gasteiger partial charge is 0.399 e. The van der Waals surface area contributed by atoms with E-state index in [0.717, 1.165) is 42.2 Å². The van der Waals surface area contributed by atoms with Crippen LogP contribution in [0.3, 0.4) is 0 Å². The minimum absolute atomic E-state index is 0.0535. The Labute approximate surface area is 133 Å². The van der Waals surface area contributed by atoms with Gasteiger partial charge in [0.15, 0.2) is 0 Å². The van der Waals surface area contributed by atoms with E-state index >= 15 is 0 Å². The Balaban J connectivity index is 1.58. The van der Waals surface area contributed by atoms with Gasteiger partial charge in [0, 0.05) is 0 Å². The molecular formula is C19H29NO2. The van der Waals surface area contributed by atoms with Crippen LogP contribution in [0.5, 0.6) is 0 Å². The number of aliphatic hydroxyl groups excluding tert-OH is 1. The highest BCUT2D eigenvalue weighted by Crippen LogP contribution is 2.61. The summed E-state index contributed by atoms with van der Waals surface area (Å²) < 4.78 is 0. The van der Waals surface area contributed by atoms with Crippen molar-refractivity contribution in [1.29, 1.82) is 0 Å². The highest BCUT2D eigenvalue weighted by atomic mass is 16.6. The SMILES string of the molecule is CO/N=C1/C=C2CC[C@@H]3[C@H](CC[C@]4(C)[C@@H](O)CC[C@@H]34)[C@H]2CC1. The second-order valence-corrected chi connectivity index (χ2v) is 8.24. The summed E-state index contributed by atoms with van der Waals surface area (Å²) >= 11 is 0. The molecule has 22 heavy (non-hydrogen) atoms. The van der Waals surface area contributed by atoms with E-state index in [-0.39, 0.29) is 11.5 Å². The second kappa shape index (κ2) is 5.36. The van der Waals surface area contributed by atoms with Gasteiger partial charge in [-0.15, -0.1) is 0 Å². The van der Waals surface area contributed by atoms with Crippen molar-refractivity contribution in [2.75, 3.05) is 7.11 Å². The third-order valence-electron chi connectivity index (χ3n) is 7.47. The van der Waals surface area contributed by atoms with Crippen LogP contribution in [-0.4, -0.2) is 24.0 Å². The molecule has 1 N–H and O–H groups in total. The van der Waals surface area contributed by atoms with Crippen molar-refractivity contribution in [3.05, 3.63) is 11.6 Å². The van der Waals surface area contributed by atoms with Crippen molar-refractivity contribution in [3.63, 3.8) is 0 Å². The van der Waals surface area contributed by atoms with Crippen LogP contribution < -0.4 is 0 Å². The predicted octanol–water partition coefficient (Wildman–Crippen LogP) is 3.92. The molecule has 3 fully saturated rings. The van der Waals surface area contributed by atoms with Crippen LogP contribution in [0.4, 0.5) is 0 Å². The number of fused-ring (bicyclic) bond motifs is 5. The number of aliphatic hydroxyl groups is 1. The van der Waals surface area contributed by atoms with Gasteiger partial charge in [0.25, 0.3) is 0 Å². The highest BCUT2D eigenvalue weighted by molar-refractivity contribution is 5.96. The van der Waals surface area contributed by atoms with Crippen molar-refractivity contribution in [3.8, 4) is 0 Å². The van der Waals surface area contributed by atoms with E-state index in [1.807, 2.05) is 0 Å². The zero-order valence-electron chi connectivity index (χ0n) is 13.9. The molecule has 0 aromatic carbocycles. The molecule has 4 aliphatic carbocycles. The summed E-state index contributed by atoms with van der Waals surface area (Å²) in [6, 6.07) is 0. The topological polar surface area (TPSA) is 41.8 Å². The molecule has 0 aromatic rings. The van der Waals surface area contributed by atoms with Gasteiger partial charge in [-0.25, -0.2) is 0 Å². The zero-order valence-corrected chi connectivity index (χ0v) is 13.9. The fourth-order valence-corrected chi connectivity index (χ4v) is 6.36. The minimum Gasteiger partial charge on any atom is -0.399 e. The van der Waals surface area contributed by atoms with Gasteiger partial charge < -0.3 is 9.94 Å². The molecule has 0 heterocycles. The van der Waals surface area contributed by atoms with Gasteiger partial charge in [0.1, 0.15) is 7.11 Å². The van der Waals surface area contributed by atoms with E-state index in [2.05, 4.69) is 18.2 Å². The second-order valence-electron chi connectivity index (χ2n) is 8.24. The number of hydrogen-bond donors (Lipinski definition) is 1. The number of oxime groups is 1. The standard InChI is InChI=1S/C19H29NO2/c1-19-10-9-15-14-6-4-13(20-22-2)11-12(14)3-5-16(15)17(19)7-8-18(19)21/h11,14-18,21H,3-10H2,1-2H3/b20-13+/t14-,15+,16+,17-,18-,19-/m0/s1. The van der Waals surface area contributed by atoms with Gasteiger partial charge in [-0.2, -0.15) is 0 Å². The maximum atomic E-state index is 10.5. The average molecular weight is 303 g/mol. The predicted molar refractivity (Wildman–Crippen MR) is 87.5 cm³/mol. The van der Waals surface area contributed by atoms with Crippen LogP contribution in [0.1, 0.15) is 58.3 Å². The van der Waals surface area contributed by atoms with Crippen LogP contribution in [-0.2, 0) is 4.84 Å². The molecule has 0 unspecified atom stereocenters. The normalized spacial score (nSPS) is 49.1. The van der Waals surface area contributed by atoms with Crippen LogP contribution >= 0.6 is 0 Å². The lowest BCUT2D eigenvalue weighted by atomic mass is 9.52. The molecule has 3 nitrogen and oxygen atoms in total. The Kier molecular flexibility index (Phi) is 3.60. The zero-order chi connectivity index (χ0) is 15.3. The van der Waals surface area contributed by atoms with E-state index in [1.54, 1.807) is 12.7 Å². The van der Waals surface area contributed by atoms with E-state index in [4.69, 9.17) is 4.84 Å². The first kappa shape index (κ1) is 14.7. The Morgan fingerprint density at radius 1 is 1.14 bits per heavy atom. The molecule has 3 heteroatoms. The summed E-state index contributed by atoms with van der Waals surface area (Å²) in [7, 11) is 1.64. The summed E-state index contributed by atoms with van der Waals surface area (Å²) in [6.45, 7) is 2.36. The number of hydrogen-bond acceptors (Lipinski definition) is 3. The smallest absolute Gasteiger partial charge is 0.106 e. The quantitative estimate of drug-likeness (QED) is 0.746. The molecule has 6 atom stereocenters. The average Bonchev–Trinajstić information content (AvgIpc) is 2.83. The summed E-state index contributed by atoms with van der Waals surface area (Å²) in [5.74, 6) is 3.24. The Hall–Kier alpha value is -0.830. The van der Waals surface area contributed by atoms with E-state index in [0.29, 0.717) is 0 Å². The van der Waals surface area contributed by atoms with E-state index < -0.39 is 0 Å². The minimum atomic E-state index is -0.0535. The van der Waals surface area contributed by atoms with Crippen molar-refractivity contribution >= 4 is 5.71 Å². The van der Waals surface area contributed by atoms with Gasteiger partial charge in [0.05, 0.1) is 11.8 Å². The molecule has 3 saturated carbocycles. The summed E-state index contributed by atoms with van der Waals surface area (Å²) in [4.78, 5) is 4.97. The fraction of sp³-hybridized carbons (Fsp3) is 0.842. The maximum Gasteiger partial charge on any atom is 0.106 e. The first-order chi connectivity index (χ1) is 10.6. The lowest BCUT2D eigenvalue weighted by Gasteiger charge is -2.53. The monoisotopic (exact) mass is 303 g/mol. The highest BCUT2D eigenvalue weighted by Gasteiger charge is 2.55. The first-order valence-electron chi connectivity index (χ1n) is 9.12. The third-order valence-corrected chi connectivity index (χ3v) is 7.47. The number of allylic oxidation sites excluding steroid dienone is 2. The number of rotatable bonds is 1. The molecule has 4 rings (SSSR count). The summed E-state index contributed by atoms with van der Waals surface area (Å²) in [6.07, 6.45) is 12.0. The maximum absolute atomic E-state index is 10.5. The van der Waals surface area contributed by atoms with Crippen LogP contribution in [0.2, 0.25) is 0 Å². The first-order valence-corrected chi connectivity index (χ1v) is 9.12. The number of nitrogens with zero attached hydrogens (tertiary/aromatic N) is 1.